The second-order valence-electron chi connectivity index (χ2n) is 1.69. The van der Waals surface area contributed by atoms with Gasteiger partial charge in [0, 0.05) is 7.05 Å². The Labute approximate surface area is 62.9 Å². The summed E-state index contributed by atoms with van der Waals surface area (Å²) in [7, 11) is 2.12. The Kier molecular flexibility index (Phi) is 3.03. The molecule has 6 nitrogen and oxygen atoms in total. The monoisotopic (exact) mass is 160 g/mol. The van der Waals surface area contributed by atoms with Crippen molar-refractivity contribution in [3.05, 3.63) is 0 Å². The molecular formula is C5H8N2O4. The van der Waals surface area contributed by atoms with Gasteiger partial charge in [-0.05, 0) is 0 Å². The first-order chi connectivity index (χ1) is 5.00. The molecular weight excluding hydrogens is 152 g/mol. The lowest BCUT2D eigenvalue weighted by atomic mass is 10.5. The highest BCUT2D eigenvalue weighted by Crippen LogP contribution is 1.85. The molecule has 0 atom stereocenters. The lowest BCUT2D eigenvalue weighted by Crippen LogP contribution is -2.41. The quantitative estimate of drug-likeness (QED) is 0.352. The standard InChI is InChI=1S/C5H8N2O4/c1-7(5(6)10)3(8)4(9)11-2/h1-2H3,(H2,6,10). The smallest absolute Gasteiger partial charge is 0.397 e. The Morgan fingerprint density at radius 1 is 1.36 bits per heavy atom. The zero-order valence-corrected chi connectivity index (χ0v) is 6.16. The molecule has 3 amide bonds. The normalized spacial score (nSPS) is 8.55. The molecule has 0 aliphatic heterocycles. The van der Waals surface area contributed by atoms with Crippen LogP contribution in [0.2, 0.25) is 0 Å². The van der Waals surface area contributed by atoms with Crippen LogP contribution in [-0.4, -0.2) is 37.0 Å². The molecule has 62 valence electrons. The Morgan fingerprint density at radius 2 is 1.82 bits per heavy atom. The Balaban J connectivity index is 4.25. The van der Waals surface area contributed by atoms with E-state index in [4.69, 9.17) is 0 Å². The number of esters is 1. The highest BCUT2D eigenvalue weighted by Gasteiger charge is 2.22. The number of hydrogen-bond donors (Lipinski definition) is 1. The summed E-state index contributed by atoms with van der Waals surface area (Å²) in [5.41, 5.74) is 4.69. The van der Waals surface area contributed by atoms with Gasteiger partial charge in [0.1, 0.15) is 0 Å². The molecule has 0 bridgehead atoms. The van der Waals surface area contributed by atoms with Crippen molar-refractivity contribution in [2.45, 2.75) is 0 Å². The lowest BCUT2D eigenvalue weighted by molar-refractivity contribution is -0.155. The number of primary amides is 1. The summed E-state index contributed by atoms with van der Waals surface area (Å²) in [5, 5.41) is 0. The minimum atomic E-state index is -1.12. The van der Waals surface area contributed by atoms with Crippen molar-refractivity contribution < 1.29 is 19.1 Å². The van der Waals surface area contributed by atoms with Gasteiger partial charge in [-0.1, -0.05) is 0 Å². The molecule has 11 heavy (non-hydrogen) atoms. The summed E-state index contributed by atoms with van der Waals surface area (Å²) in [6.07, 6.45) is 0. The summed E-state index contributed by atoms with van der Waals surface area (Å²) in [6.45, 7) is 0. The van der Waals surface area contributed by atoms with Crippen LogP contribution in [0.5, 0.6) is 0 Å². The molecule has 0 aromatic carbocycles. The summed E-state index contributed by atoms with van der Waals surface area (Å²) in [6, 6.07) is -1.000. The molecule has 0 rings (SSSR count). The number of methoxy groups -OCH3 is 1. The van der Waals surface area contributed by atoms with Gasteiger partial charge >= 0.3 is 17.9 Å². The average Bonchev–Trinajstić information content (AvgIpc) is 2.00. The van der Waals surface area contributed by atoms with Gasteiger partial charge in [-0.2, -0.15) is 0 Å². The van der Waals surface area contributed by atoms with Crippen LogP contribution in [0.4, 0.5) is 4.79 Å². The first-order valence-corrected chi connectivity index (χ1v) is 2.66. The Hall–Kier alpha value is -1.59. The third kappa shape index (κ3) is 2.24. The average molecular weight is 160 g/mol. The summed E-state index contributed by atoms with van der Waals surface area (Å²) in [5.74, 6) is -2.20. The summed E-state index contributed by atoms with van der Waals surface area (Å²) in [4.78, 5) is 31.8. The molecule has 0 aromatic rings. The number of urea groups is 1. The Morgan fingerprint density at radius 3 is 2.09 bits per heavy atom. The second kappa shape index (κ2) is 3.55. The van der Waals surface area contributed by atoms with E-state index in [1.54, 1.807) is 0 Å². The molecule has 0 aliphatic carbocycles. The molecule has 0 aromatic heterocycles. The van der Waals surface area contributed by atoms with Crippen LogP contribution in [-0.2, 0) is 14.3 Å². The van der Waals surface area contributed by atoms with Crippen LogP contribution in [0, 0.1) is 0 Å². The van der Waals surface area contributed by atoms with Gasteiger partial charge in [-0.25, -0.2) is 9.59 Å². The SMILES string of the molecule is COC(=O)C(=O)N(C)C(N)=O. The van der Waals surface area contributed by atoms with E-state index in [0.29, 0.717) is 4.90 Å². The fraction of sp³-hybridized carbons (Fsp3) is 0.400. The van der Waals surface area contributed by atoms with Crippen molar-refractivity contribution in [1.29, 1.82) is 0 Å². The third-order valence-electron chi connectivity index (χ3n) is 0.995. The minimum absolute atomic E-state index is 0.464. The van der Waals surface area contributed by atoms with E-state index in [1.807, 2.05) is 0 Å². The van der Waals surface area contributed by atoms with Gasteiger partial charge in [0.15, 0.2) is 0 Å². The second-order valence-corrected chi connectivity index (χ2v) is 1.69. The molecule has 2 N–H and O–H groups in total. The van der Waals surface area contributed by atoms with Gasteiger partial charge in [-0.15, -0.1) is 0 Å². The number of rotatable bonds is 0. The maximum absolute atomic E-state index is 10.7. The molecule has 0 saturated carbocycles. The molecule has 0 spiro atoms. The van der Waals surface area contributed by atoms with E-state index < -0.39 is 17.9 Å². The fourth-order valence-electron chi connectivity index (χ4n) is 0.324. The number of hydrogen-bond acceptors (Lipinski definition) is 4. The van der Waals surface area contributed by atoms with Crippen LogP contribution in [0.3, 0.4) is 0 Å². The number of carbonyl (C=O) groups is 3. The topological polar surface area (TPSA) is 89.7 Å². The number of carbonyl (C=O) groups excluding carboxylic acids is 3. The molecule has 0 heterocycles. The molecule has 6 heteroatoms. The predicted octanol–water partition coefficient (Wildman–Crippen LogP) is -1.30. The number of imide groups is 1. The largest absolute Gasteiger partial charge is 0.462 e. The number of likely N-dealkylation sites (N-methyl/N-ethyl adjacent to an activating group) is 1. The maximum Gasteiger partial charge on any atom is 0.397 e. The molecule has 0 fully saturated rings. The van der Waals surface area contributed by atoms with E-state index in [-0.39, 0.29) is 0 Å². The van der Waals surface area contributed by atoms with Crippen LogP contribution in [0.25, 0.3) is 0 Å². The van der Waals surface area contributed by atoms with Crippen molar-refractivity contribution in [3.63, 3.8) is 0 Å². The Bertz CT molecular complexity index is 201. The zero-order chi connectivity index (χ0) is 9.02. The van der Waals surface area contributed by atoms with Gasteiger partial charge in [0.25, 0.3) is 0 Å². The van der Waals surface area contributed by atoms with E-state index in [1.165, 1.54) is 0 Å². The number of nitrogens with two attached hydrogens (primary N) is 1. The predicted molar refractivity (Wildman–Crippen MR) is 34.4 cm³/mol. The van der Waals surface area contributed by atoms with E-state index >= 15 is 0 Å². The van der Waals surface area contributed by atoms with E-state index in [2.05, 4.69) is 10.5 Å². The minimum Gasteiger partial charge on any atom is -0.462 e. The van der Waals surface area contributed by atoms with Crippen molar-refractivity contribution in [2.24, 2.45) is 5.73 Å². The summed E-state index contributed by atoms with van der Waals surface area (Å²) < 4.78 is 4.05. The van der Waals surface area contributed by atoms with Gasteiger partial charge in [0.05, 0.1) is 7.11 Å². The first-order valence-electron chi connectivity index (χ1n) is 2.66. The number of nitrogens with zero attached hydrogens (tertiary/aromatic N) is 1. The molecule has 0 aliphatic rings. The highest BCUT2D eigenvalue weighted by molar-refractivity contribution is 6.34. The highest BCUT2D eigenvalue weighted by atomic mass is 16.5. The fourth-order valence-corrected chi connectivity index (χ4v) is 0.324. The number of amides is 3. The van der Waals surface area contributed by atoms with Crippen molar-refractivity contribution in [2.75, 3.05) is 14.2 Å². The van der Waals surface area contributed by atoms with Gasteiger partial charge < -0.3 is 10.5 Å². The lowest BCUT2D eigenvalue weighted by Gasteiger charge is -2.08. The molecule has 0 unspecified atom stereocenters. The van der Waals surface area contributed by atoms with Crippen LogP contribution >= 0.6 is 0 Å². The first kappa shape index (κ1) is 9.41. The molecule has 0 saturated heterocycles. The van der Waals surface area contributed by atoms with Gasteiger partial charge in [-0.3, -0.25) is 9.69 Å². The number of ether oxygens (including phenoxy) is 1. The zero-order valence-electron chi connectivity index (χ0n) is 6.16. The van der Waals surface area contributed by atoms with E-state index in [9.17, 15) is 14.4 Å². The van der Waals surface area contributed by atoms with Crippen LogP contribution in [0.15, 0.2) is 0 Å². The third-order valence-corrected chi connectivity index (χ3v) is 0.995. The van der Waals surface area contributed by atoms with Crippen molar-refractivity contribution in [3.8, 4) is 0 Å². The van der Waals surface area contributed by atoms with Crippen molar-refractivity contribution >= 4 is 17.9 Å². The van der Waals surface area contributed by atoms with Crippen molar-refractivity contribution in [1.82, 2.24) is 4.90 Å². The van der Waals surface area contributed by atoms with Crippen LogP contribution in [0.1, 0.15) is 0 Å². The molecule has 0 radical (unpaired) electrons. The van der Waals surface area contributed by atoms with Gasteiger partial charge in [0.2, 0.25) is 0 Å². The maximum atomic E-state index is 10.7. The summed E-state index contributed by atoms with van der Waals surface area (Å²) >= 11 is 0. The van der Waals surface area contributed by atoms with Crippen LogP contribution < -0.4 is 5.73 Å². The van der Waals surface area contributed by atoms with E-state index in [0.717, 1.165) is 14.2 Å².